The summed E-state index contributed by atoms with van der Waals surface area (Å²) >= 11 is 0. The average molecular weight is 348 g/mol. The first kappa shape index (κ1) is 18.2. The second-order valence-corrected chi connectivity index (χ2v) is 5.79. The number of alkyl halides is 3. The molecule has 1 saturated heterocycles. The normalized spacial score (nSPS) is 19.9. The first-order valence-electron chi connectivity index (χ1n) is 7.64. The number of piperidine rings is 1. The molecule has 0 aliphatic carbocycles. The van der Waals surface area contributed by atoms with Gasteiger partial charge in [-0.05, 0) is 26.2 Å². The lowest BCUT2D eigenvalue weighted by Gasteiger charge is -2.35. The quantitative estimate of drug-likeness (QED) is 0.896. The SMILES string of the molecule is CC(=O)N[C@H](C)C(=O)N1CCCC[C@H]1c1nnc(CC(F)(F)F)o1. The van der Waals surface area contributed by atoms with E-state index >= 15 is 0 Å². The summed E-state index contributed by atoms with van der Waals surface area (Å²) in [6.07, 6.45) is -3.67. The van der Waals surface area contributed by atoms with E-state index in [0.29, 0.717) is 13.0 Å². The third kappa shape index (κ3) is 4.68. The van der Waals surface area contributed by atoms with Crippen molar-refractivity contribution in [1.82, 2.24) is 20.4 Å². The van der Waals surface area contributed by atoms with E-state index in [2.05, 4.69) is 15.5 Å². The molecule has 2 heterocycles. The summed E-state index contributed by atoms with van der Waals surface area (Å²) in [6, 6.07) is -1.31. The molecule has 2 rings (SSSR count). The summed E-state index contributed by atoms with van der Waals surface area (Å²) in [5, 5.41) is 9.60. The molecule has 7 nitrogen and oxygen atoms in total. The van der Waals surface area contributed by atoms with E-state index in [1.165, 1.54) is 11.8 Å². The first-order chi connectivity index (χ1) is 11.2. The first-order valence-corrected chi connectivity index (χ1v) is 7.64. The van der Waals surface area contributed by atoms with E-state index in [4.69, 9.17) is 4.42 Å². The number of likely N-dealkylation sites (tertiary alicyclic amines) is 1. The molecule has 2 amide bonds. The van der Waals surface area contributed by atoms with Gasteiger partial charge < -0.3 is 14.6 Å². The van der Waals surface area contributed by atoms with Gasteiger partial charge in [0.15, 0.2) is 0 Å². The number of nitrogens with one attached hydrogen (secondary N) is 1. The number of amides is 2. The standard InChI is InChI=1S/C14H19F3N4O3/c1-8(18-9(2)22)13(23)21-6-4-3-5-10(21)12-20-19-11(24-12)7-14(15,16)17/h8,10H,3-7H2,1-2H3,(H,18,22)/t8-,10+/m1/s1. The molecule has 2 atom stereocenters. The predicted molar refractivity (Wildman–Crippen MR) is 75.6 cm³/mol. The Morgan fingerprint density at radius 3 is 2.71 bits per heavy atom. The highest BCUT2D eigenvalue weighted by Gasteiger charge is 2.36. The van der Waals surface area contributed by atoms with Crippen LogP contribution in [0.25, 0.3) is 0 Å². The molecule has 1 fully saturated rings. The molecule has 0 saturated carbocycles. The van der Waals surface area contributed by atoms with Gasteiger partial charge in [-0.15, -0.1) is 10.2 Å². The van der Waals surface area contributed by atoms with E-state index in [0.717, 1.165) is 12.8 Å². The van der Waals surface area contributed by atoms with Crippen molar-refractivity contribution in [3.8, 4) is 0 Å². The van der Waals surface area contributed by atoms with Crippen LogP contribution in [0.4, 0.5) is 13.2 Å². The molecule has 0 bridgehead atoms. The smallest absolute Gasteiger partial charge is 0.397 e. The van der Waals surface area contributed by atoms with Crippen molar-refractivity contribution in [1.29, 1.82) is 0 Å². The number of carbonyl (C=O) groups is 2. The molecule has 10 heteroatoms. The van der Waals surface area contributed by atoms with Gasteiger partial charge in [-0.25, -0.2) is 0 Å². The fourth-order valence-corrected chi connectivity index (χ4v) is 2.71. The Hall–Kier alpha value is -2.13. The molecular formula is C14H19F3N4O3. The molecule has 0 aromatic carbocycles. The molecule has 1 aromatic heterocycles. The van der Waals surface area contributed by atoms with Crippen LogP contribution in [0.1, 0.15) is 50.9 Å². The van der Waals surface area contributed by atoms with E-state index in [1.807, 2.05) is 0 Å². The maximum absolute atomic E-state index is 12.5. The highest BCUT2D eigenvalue weighted by Crippen LogP contribution is 2.31. The highest BCUT2D eigenvalue weighted by molar-refractivity contribution is 5.86. The van der Waals surface area contributed by atoms with Gasteiger partial charge in [-0.2, -0.15) is 13.2 Å². The van der Waals surface area contributed by atoms with Crippen LogP contribution >= 0.6 is 0 Å². The minimum Gasteiger partial charge on any atom is -0.423 e. The fourth-order valence-electron chi connectivity index (χ4n) is 2.71. The summed E-state index contributed by atoms with van der Waals surface area (Å²) in [7, 11) is 0. The third-order valence-electron chi connectivity index (χ3n) is 3.70. The maximum Gasteiger partial charge on any atom is 0.397 e. The van der Waals surface area contributed by atoms with Crippen molar-refractivity contribution in [2.75, 3.05) is 6.54 Å². The van der Waals surface area contributed by atoms with Gasteiger partial charge in [0.2, 0.25) is 23.6 Å². The van der Waals surface area contributed by atoms with Gasteiger partial charge in [0.1, 0.15) is 18.5 Å². The zero-order chi connectivity index (χ0) is 17.9. The van der Waals surface area contributed by atoms with Crippen LogP contribution in [-0.2, 0) is 16.0 Å². The average Bonchev–Trinajstić information content (AvgIpc) is 2.92. The number of rotatable bonds is 4. The second kappa shape index (κ2) is 7.18. The van der Waals surface area contributed by atoms with Crippen LogP contribution in [0.2, 0.25) is 0 Å². The van der Waals surface area contributed by atoms with E-state index in [-0.39, 0.29) is 17.7 Å². The highest BCUT2D eigenvalue weighted by atomic mass is 19.4. The zero-order valence-corrected chi connectivity index (χ0v) is 13.4. The van der Waals surface area contributed by atoms with Gasteiger partial charge in [-0.1, -0.05) is 0 Å². The summed E-state index contributed by atoms with van der Waals surface area (Å²) in [5.74, 6) is -1.19. The lowest BCUT2D eigenvalue weighted by atomic mass is 10.0. The van der Waals surface area contributed by atoms with Crippen molar-refractivity contribution in [3.63, 3.8) is 0 Å². The summed E-state index contributed by atoms with van der Waals surface area (Å²) < 4.78 is 42.3. The molecule has 0 spiro atoms. The summed E-state index contributed by atoms with van der Waals surface area (Å²) in [4.78, 5) is 25.1. The number of carbonyl (C=O) groups excluding carboxylic acids is 2. The number of nitrogens with zero attached hydrogens (tertiary/aromatic N) is 3. The Morgan fingerprint density at radius 2 is 2.08 bits per heavy atom. The number of hydrogen-bond donors (Lipinski definition) is 1. The lowest BCUT2D eigenvalue weighted by molar-refractivity contribution is -0.140. The largest absolute Gasteiger partial charge is 0.423 e. The van der Waals surface area contributed by atoms with Gasteiger partial charge in [0, 0.05) is 13.5 Å². The summed E-state index contributed by atoms with van der Waals surface area (Å²) in [5.41, 5.74) is 0. The Labute approximate surface area is 136 Å². The van der Waals surface area contributed by atoms with Crippen molar-refractivity contribution in [3.05, 3.63) is 11.8 Å². The van der Waals surface area contributed by atoms with Crippen LogP contribution in [0.15, 0.2) is 4.42 Å². The monoisotopic (exact) mass is 348 g/mol. The van der Waals surface area contributed by atoms with Crippen LogP contribution in [0.3, 0.4) is 0 Å². The Morgan fingerprint density at radius 1 is 1.38 bits per heavy atom. The van der Waals surface area contributed by atoms with Gasteiger partial charge in [0.25, 0.3) is 0 Å². The van der Waals surface area contributed by atoms with Crippen LogP contribution < -0.4 is 5.32 Å². The molecule has 1 aromatic rings. The molecule has 0 radical (unpaired) electrons. The predicted octanol–water partition coefficient (Wildman–Crippen LogP) is 1.75. The van der Waals surface area contributed by atoms with E-state index < -0.39 is 30.6 Å². The minimum atomic E-state index is -4.44. The molecular weight excluding hydrogens is 329 g/mol. The third-order valence-corrected chi connectivity index (χ3v) is 3.70. The van der Waals surface area contributed by atoms with Crippen LogP contribution in [0.5, 0.6) is 0 Å². The van der Waals surface area contributed by atoms with Crippen molar-refractivity contribution < 1.29 is 27.2 Å². The summed E-state index contributed by atoms with van der Waals surface area (Å²) in [6.45, 7) is 3.28. The van der Waals surface area contributed by atoms with Crippen molar-refractivity contribution in [2.24, 2.45) is 0 Å². The molecule has 0 unspecified atom stereocenters. The van der Waals surface area contributed by atoms with E-state index in [1.54, 1.807) is 6.92 Å². The topological polar surface area (TPSA) is 88.3 Å². The lowest BCUT2D eigenvalue weighted by Crippen LogP contribution is -2.49. The Balaban J connectivity index is 2.14. The molecule has 134 valence electrons. The molecule has 1 aliphatic rings. The minimum absolute atomic E-state index is 0.00248. The van der Waals surface area contributed by atoms with Crippen LogP contribution in [-0.4, -0.2) is 45.7 Å². The fraction of sp³-hybridized carbons (Fsp3) is 0.714. The van der Waals surface area contributed by atoms with E-state index in [9.17, 15) is 22.8 Å². The Bertz CT molecular complexity index is 602. The molecule has 24 heavy (non-hydrogen) atoms. The molecule has 1 aliphatic heterocycles. The number of aromatic nitrogens is 2. The Kier molecular flexibility index (Phi) is 5.45. The van der Waals surface area contributed by atoms with Crippen molar-refractivity contribution >= 4 is 11.8 Å². The van der Waals surface area contributed by atoms with Gasteiger partial charge in [-0.3, -0.25) is 9.59 Å². The number of halogens is 3. The van der Waals surface area contributed by atoms with Gasteiger partial charge >= 0.3 is 6.18 Å². The van der Waals surface area contributed by atoms with Gasteiger partial charge in [0.05, 0.1) is 0 Å². The zero-order valence-electron chi connectivity index (χ0n) is 13.4. The number of hydrogen-bond acceptors (Lipinski definition) is 5. The second-order valence-electron chi connectivity index (χ2n) is 5.79. The maximum atomic E-state index is 12.5. The molecule has 1 N–H and O–H groups in total. The van der Waals surface area contributed by atoms with Crippen LogP contribution in [0, 0.1) is 0 Å². The van der Waals surface area contributed by atoms with Crippen molar-refractivity contribution in [2.45, 2.75) is 57.8 Å².